The maximum absolute atomic E-state index is 5.36. The Kier molecular flexibility index (Phi) is 8.66. The molecule has 118 valence electrons. The number of nitrogens with one attached hydrogen (secondary N) is 2. The number of aliphatic imine (C=N–C) groups is 1. The monoisotopic (exact) mass is 310 g/mol. The molecule has 0 aromatic carbocycles. The predicted molar refractivity (Wildman–Crippen MR) is 91.0 cm³/mol. The number of nitrogens with zero attached hydrogens (tertiary/aromatic N) is 2. The van der Waals surface area contributed by atoms with E-state index in [0.29, 0.717) is 6.54 Å². The average molecular weight is 310 g/mol. The fourth-order valence-corrected chi connectivity index (χ4v) is 2.52. The number of aromatic nitrogens is 1. The molecule has 0 fully saturated rings. The fourth-order valence-electron chi connectivity index (χ4n) is 1.94. The Morgan fingerprint density at radius 2 is 2.19 bits per heavy atom. The minimum Gasteiger partial charge on any atom is -0.361 e. The van der Waals surface area contributed by atoms with Crippen molar-refractivity contribution in [2.75, 3.05) is 25.1 Å². The molecule has 6 heteroatoms. The molecule has 0 saturated carbocycles. The highest BCUT2D eigenvalue weighted by Gasteiger charge is 2.13. The van der Waals surface area contributed by atoms with Gasteiger partial charge in [0.2, 0.25) is 0 Å². The van der Waals surface area contributed by atoms with Crippen molar-refractivity contribution in [2.45, 2.75) is 33.2 Å². The topological polar surface area (TPSA) is 62.5 Å². The summed E-state index contributed by atoms with van der Waals surface area (Å²) in [7, 11) is 1.78. The zero-order chi connectivity index (χ0) is 15.5. The Balaban J connectivity index is 2.44. The van der Waals surface area contributed by atoms with Crippen molar-refractivity contribution in [2.24, 2.45) is 4.99 Å². The maximum atomic E-state index is 5.36. The number of hydrogen-bond donors (Lipinski definition) is 2. The highest BCUT2D eigenvalue weighted by molar-refractivity contribution is 7.99. The zero-order valence-corrected chi connectivity index (χ0v) is 14.1. The number of guanidine groups is 1. The lowest BCUT2D eigenvalue weighted by Gasteiger charge is -2.11. The number of aryl methyl sites for hydroxylation is 2. The smallest absolute Gasteiger partial charge is 0.191 e. The summed E-state index contributed by atoms with van der Waals surface area (Å²) in [4.78, 5) is 4.23. The predicted octanol–water partition coefficient (Wildman–Crippen LogP) is 2.38. The summed E-state index contributed by atoms with van der Waals surface area (Å²) in [5.74, 6) is 3.77. The van der Waals surface area contributed by atoms with E-state index >= 15 is 0 Å². The van der Waals surface area contributed by atoms with Crippen molar-refractivity contribution in [1.29, 1.82) is 0 Å². The minimum atomic E-state index is 0.690. The molecule has 2 N–H and O–H groups in total. The van der Waals surface area contributed by atoms with Crippen molar-refractivity contribution in [3.05, 3.63) is 29.7 Å². The number of thioether (sulfide) groups is 1. The average Bonchev–Trinajstić information content (AvgIpc) is 2.92. The van der Waals surface area contributed by atoms with Gasteiger partial charge in [0.05, 0.1) is 5.69 Å². The highest BCUT2D eigenvalue weighted by atomic mass is 32.2. The molecule has 0 atom stereocenters. The molecule has 0 radical (unpaired) electrons. The van der Waals surface area contributed by atoms with Crippen LogP contribution < -0.4 is 10.6 Å². The first kappa shape index (κ1) is 17.6. The number of hydrogen-bond acceptors (Lipinski definition) is 4. The minimum absolute atomic E-state index is 0.690. The standard InChI is InChI=1S/C15H26N4OS/c1-5-9-21-10-8-17-15(16-4)18-11-12-13(6-2)19-20-14(12)7-3/h5H,1,6-11H2,2-4H3,(H2,16,17,18). The molecule has 1 rings (SSSR count). The molecule has 0 aliphatic heterocycles. The third kappa shape index (κ3) is 5.83. The van der Waals surface area contributed by atoms with E-state index < -0.39 is 0 Å². The summed E-state index contributed by atoms with van der Waals surface area (Å²) in [6.07, 6.45) is 3.65. The van der Waals surface area contributed by atoms with Gasteiger partial charge in [0.15, 0.2) is 5.96 Å². The quantitative estimate of drug-likeness (QED) is 0.317. The lowest BCUT2D eigenvalue weighted by molar-refractivity contribution is 0.380. The van der Waals surface area contributed by atoms with Gasteiger partial charge in [-0.05, 0) is 6.42 Å². The fraction of sp³-hybridized carbons (Fsp3) is 0.600. The molecule has 0 amide bonds. The molecule has 1 aromatic heterocycles. The van der Waals surface area contributed by atoms with E-state index in [2.05, 4.69) is 41.2 Å². The van der Waals surface area contributed by atoms with Gasteiger partial charge in [-0.15, -0.1) is 6.58 Å². The van der Waals surface area contributed by atoms with Crippen LogP contribution in [0, 0.1) is 0 Å². The van der Waals surface area contributed by atoms with Gasteiger partial charge >= 0.3 is 0 Å². The van der Waals surface area contributed by atoms with E-state index in [1.165, 1.54) is 0 Å². The molecular formula is C15H26N4OS. The lowest BCUT2D eigenvalue weighted by Crippen LogP contribution is -2.38. The molecule has 5 nitrogen and oxygen atoms in total. The highest BCUT2D eigenvalue weighted by Crippen LogP contribution is 2.15. The Labute approximate surface area is 131 Å². The Hall–Kier alpha value is -1.43. The Morgan fingerprint density at radius 3 is 2.81 bits per heavy atom. The van der Waals surface area contributed by atoms with Gasteiger partial charge < -0.3 is 15.2 Å². The molecule has 0 bridgehead atoms. The van der Waals surface area contributed by atoms with Gasteiger partial charge in [-0.3, -0.25) is 4.99 Å². The van der Waals surface area contributed by atoms with E-state index in [9.17, 15) is 0 Å². The van der Waals surface area contributed by atoms with Gasteiger partial charge in [0.1, 0.15) is 5.76 Å². The second kappa shape index (κ2) is 10.3. The molecule has 0 saturated heterocycles. The van der Waals surface area contributed by atoms with Crippen LogP contribution in [0.1, 0.15) is 30.9 Å². The summed E-state index contributed by atoms with van der Waals surface area (Å²) < 4.78 is 5.36. The van der Waals surface area contributed by atoms with E-state index in [1.807, 2.05) is 17.8 Å². The van der Waals surface area contributed by atoms with E-state index in [-0.39, 0.29) is 0 Å². The third-order valence-corrected chi connectivity index (χ3v) is 4.00. The van der Waals surface area contributed by atoms with Crippen LogP contribution in [0.3, 0.4) is 0 Å². The normalized spacial score (nSPS) is 11.5. The summed E-state index contributed by atoms with van der Waals surface area (Å²) >= 11 is 1.85. The van der Waals surface area contributed by atoms with Crippen molar-refractivity contribution >= 4 is 17.7 Å². The van der Waals surface area contributed by atoms with E-state index in [1.54, 1.807) is 7.05 Å². The lowest BCUT2D eigenvalue weighted by atomic mass is 10.1. The van der Waals surface area contributed by atoms with Gasteiger partial charge in [0, 0.05) is 43.6 Å². The Morgan fingerprint density at radius 1 is 1.38 bits per heavy atom. The first-order chi connectivity index (χ1) is 10.3. The third-order valence-electron chi connectivity index (χ3n) is 3.04. The van der Waals surface area contributed by atoms with Crippen LogP contribution in [0.5, 0.6) is 0 Å². The van der Waals surface area contributed by atoms with Crippen LogP contribution in [-0.4, -0.2) is 36.2 Å². The van der Waals surface area contributed by atoms with E-state index in [4.69, 9.17) is 4.52 Å². The molecule has 0 unspecified atom stereocenters. The van der Waals surface area contributed by atoms with Gasteiger partial charge in [-0.1, -0.05) is 25.1 Å². The van der Waals surface area contributed by atoms with E-state index in [0.717, 1.165) is 53.9 Å². The summed E-state index contributed by atoms with van der Waals surface area (Å²) in [6.45, 7) is 9.44. The van der Waals surface area contributed by atoms with Crippen molar-refractivity contribution in [1.82, 2.24) is 15.8 Å². The maximum Gasteiger partial charge on any atom is 0.191 e. The van der Waals surface area contributed by atoms with Crippen LogP contribution in [0.4, 0.5) is 0 Å². The van der Waals surface area contributed by atoms with Crippen LogP contribution >= 0.6 is 11.8 Å². The van der Waals surface area contributed by atoms with Gasteiger partial charge in [-0.2, -0.15) is 11.8 Å². The molecule has 1 aromatic rings. The van der Waals surface area contributed by atoms with Crippen LogP contribution in [-0.2, 0) is 19.4 Å². The summed E-state index contributed by atoms with van der Waals surface area (Å²) in [6, 6.07) is 0. The van der Waals surface area contributed by atoms with Crippen molar-refractivity contribution in [3.63, 3.8) is 0 Å². The molecule has 0 aliphatic carbocycles. The van der Waals surface area contributed by atoms with Gasteiger partial charge in [-0.25, -0.2) is 0 Å². The summed E-state index contributed by atoms with van der Waals surface area (Å²) in [5.41, 5.74) is 2.18. The second-order valence-corrected chi connectivity index (χ2v) is 5.60. The first-order valence-electron chi connectivity index (χ1n) is 7.36. The molecule has 0 aliphatic rings. The van der Waals surface area contributed by atoms with Crippen LogP contribution in [0.15, 0.2) is 22.2 Å². The molecule has 1 heterocycles. The summed E-state index contributed by atoms with van der Waals surface area (Å²) in [5, 5.41) is 10.7. The molecule has 21 heavy (non-hydrogen) atoms. The van der Waals surface area contributed by atoms with Crippen LogP contribution in [0.2, 0.25) is 0 Å². The van der Waals surface area contributed by atoms with Crippen LogP contribution in [0.25, 0.3) is 0 Å². The second-order valence-electron chi connectivity index (χ2n) is 4.45. The zero-order valence-electron chi connectivity index (χ0n) is 13.2. The largest absolute Gasteiger partial charge is 0.361 e. The van der Waals surface area contributed by atoms with Crippen molar-refractivity contribution < 1.29 is 4.52 Å². The molecular weight excluding hydrogens is 284 g/mol. The Bertz CT molecular complexity index is 435. The van der Waals surface area contributed by atoms with Crippen molar-refractivity contribution in [3.8, 4) is 0 Å². The SMILES string of the molecule is C=CCSCCNC(=NC)NCc1c(CC)noc1CC. The first-order valence-corrected chi connectivity index (χ1v) is 8.51. The van der Waals surface area contributed by atoms with Gasteiger partial charge in [0.25, 0.3) is 0 Å². The number of rotatable bonds is 9. The molecule has 0 spiro atoms.